The van der Waals surface area contributed by atoms with Gasteiger partial charge in [-0.15, -0.1) is 0 Å². The first-order chi connectivity index (χ1) is 3.93. The van der Waals surface area contributed by atoms with Gasteiger partial charge in [-0.25, -0.2) is 6.58 Å². The zero-order valence-corrected chi connectivity index (χ0v) is 6.11. The zero-order valence-electron chi connectivity index (χ0n) is 6.11. The molecule has 1 heteroatoms. The monoisotopic (exact) mass is 114 g/mol. The Bertz CT molecular complexity index is 113. The minimum Gasteiger partial charge on any atom is -0.336 e. The van der Waals surface area contributed by atoms with Crippen LogP contribution < -0.4 is 18.9 Å². The van der Waals surface area contributed by atoms with Crippen LogP contribution in [0.3, 0.4) is 0 Å². The van der Waals surface area contributed by atoms with Crippen molar-refractivity contribution >= 4 is 0 Å². The second-order valence-corrected chi connectivity index (χ2v) is 2.31. The van der Waals surface area contributed by atoms with Crippen LogP contribution in [-0.4, -0.2) is 0 Å². The van der Waals surface area contributed by atoms with Gasteiger partial charge in [0.15, 0.2) is 0 Å². The molecule has 1 fully saturated rings. The molecule has 0 N–H and O–H groups in total. The molecule has 0 unspecified atom stereocenters. The molecule has 1 aliphatic carbocycles. The molecular formula is C8H11Li. The van der Waals surface area contributed by atoms with E-state index < -0.39 is 0 Å². The normalized spacial score (nSPS) is 18.0. The van der Waals surface area contributed by atoms with Crippen LogP contribution in [0, 0.1) is 6.58 Å². The van der Waals surface area contributed by atoms with Crippen molar-refractivity contribution < 1.29 is 18.9 Å². The van der Waals surface area contributed by atoms with Crippen LogP contribution in [-0.2, 0) is 0 Å². The number of hydrogen-bond acceptors (Lipinski definition) is 0. The van der Waals surface area contributed by atoms with Crippen LogP contribution in [0.2, 0.25) is 0 Å². The molecule has 0 nitrogen and oxygen atoms in total. The van der Waals surface area contributed by atoms with Crippen LogP contribution in [0.1, 0.15) is 32.1 Å². The molecule has 0 radical (unpaired) electrons. The van der Waals surface area contributed by atoms with Gasteiger partial charge in [0.25, 0.3) is 0 Å². The predicted octanol–water partition coefficient (Wildman–Crippen LogP) is -0.531. The molecule has 0 heterocycles. The molecule has 44 valence electrons. The van der Waals surface area contributed by atoms with E-state index in [2.05, 4.69) is 5.73 Å². The van der Waals surface area contributed by atoms with Crippen LogP contribution >= 0.6 is 0 Å². The third kappa shape index (κ3) is 2.97. The van der Waals surface area contributed by atoms with Gasteiger partial charge >= 0.3 is 18.9 Å². The second kappa shape index (κ2) is 4.95. The third-order valence-electron chi connectivity index (χ3n) is 1.66. The second-order valence-electron chi connectivity index (χ2n) is 2.31. The summed E-state index contributed by atoms with van der Waals surface area (Å²) >= 11 is 0. The fourth-order valence-corrected chi connectivity index (χ4v) is 1.12. The summed E-state index contributed by atoms with van der Waals surface area (Å²) in [4.78, 5) is 0. The molecule has 0 aromatic heterocycles. The summed E-state index contributed by atoms with van der Waals surface area (Å²) in [7, 11) is 0. The molecule has 1 rings (SSSR count). The molecule has 1 saturated carbocycles. The molecule has 0 aromatic rings. The summed E-state index contributed by atoms with van der Waals surface area (Å²) in [6.07, 6.45) is 6.40. The Hall–Kier alpha value is 0.117. The van der Waals surface area contributed by atoms with E-state index in [1.165, 1.54) is 37.7 Å². The third-order valence-corrected chi connectivity index (χ3v) is 1.66. The summed E-state index contributed by atoms with van der Waals surface area (Å²) in [6, 6.07) is 0. The quantitative estimate of drug-likeness (QED) is 0.225. The molecule has 0 aliphatic heterocycles. The average Bonchev–Trinajstić information content (AvgIpc) is 1.90. The minimum atomic E-state index is 0. The predicted molar refractivity (Wildman–Crippen MR) is 34.4 cm³/mol. The number of allylic oxidation sites excluding steroid dienone is 1. The molecule has 1 aliphatic rings. The Morgan fingerprint density at radius 1 is 1.11 bits per heavy atom. The van der Waals surface area contributed by atoms with Crippen molar-refractivity contribution in [3.63, 3.8) is 0 Å². The van der Waals surface area contributed by atoms with E-state index in [1.807, 2.05) is 0 Å². The first-order valence-electron chi connectivity index (χ1n) is 3.25. The summed E-state index contributed by atoms with van der Waals surface area (Å²) in [5.74, 6) is 0. The summed E-state index contributed by atoms with van der Waals surface area (Å²) < 4.78 is 0. The van der Waals surface area contributed by atoms with Gasteiger partial charge in [-0.1, -0.05) is 32.1 Å². The van der Waals surface area contributed by atoms with Crippen molar-refractivity contribution in [2.75, 3.05) is 0 Å². The maximum absolute atomic E-state index is 5.22. The Labute approximate surface area is 69.2 Å². The van der Waals surface area contributed by atoms with Gasteiger partial charge in [0, 0.05) is 0 Å². The van der Waals surface area contributed by atoms with Gasteiger partial charge in [-0.2, -0.15) is 5.57 Å². The van der Waals surface area contributed by atoms with Gasteiger partial charge in [0.1, 0.15) is 0 Å². The van der Waals surface area contributed by atoms with Crippen molar-refractivity contribution in [3.8, 4) is 0 Å². The Balaban J connectivity index is 0.000000640. The number of rotatable bonds is 0. The maximum atomic E-state index is 5.22. The van der Waals surface area contributed by atoms with E-state index in [1.54, 1.807) is 0 Å². The van der Waals surface area contributed by atoms with E-state index in [9.17, 15) is 0 Å². The fourth-order valence-electron chi connectivity index (χ4n) is 1.12. The summed E-state index contributed by atoms with van der Waals surface area (Å²) in [6.45, 7) is 5.22. The van der Waals surface area contributed by atoms with Crippen molar-refractivity contribution in [3.05, 3.63) is 17.9 Å². The van der Waals surface area contributed by atoms with Crippen LogP contribution in [0.5, 0.6) is 0 Å². The van der Waals surface area contributed by atoms with Crippen LogP contribution in [0.15, 0.2) is 11.3 Å². The van der Waals surface area contributed by atoms with Crippen LogP contribution in [0.4, 0.5) is 0 Å². The first-order valence-corrected chi connectivity index (χ1v) is 3.25. The summed E-state index contributed by atoms with van der Waals surface area (Å²) in [5, 5.41) is 0. The van der Waals surface area contributed by atoms with Gasteiger partial charge < -0.3 is 5.73 Å². The summed E-state index contributed by atoms with van der Waals surface area (Å²) in [5.41, 5.74) is 4.05. The van der Waals surface area contributed by atoms with Crippen LogP contribution in [0.25, 0.3) is 0 Å². The first kappa shape index (κ1) is 9.12. The van der Waals surface area contributed by atoms with Gasteiger partial charge in [0.05, 0.1) is 0 Å². The van der Waals surface area contributed by atoms with Gasteiger partial charge in [0.2, 0.25) is 0 Å². The molecule has 9 heavy (non-hydrogen) atoms. The smallest absolute Gasteiger partial charge is 0.336 e. The SMILES string of the molecule is [CH-]=C=C1CCCCC1.[Li+]. The van der Waals surface area contributed by atoms with E-state index in [4.69, 9.17) is 6.58 Å². The van der Waals surface area contributed by atoms with E-state index in [0.717, 1.165) is 0 Å². The van der Waals surface area contributed by atoms with Crippen molar-refractivity contribution in [1.29, 1.82) is 0 Å². The van der Waals surface area contributed by atoms with Crippen molar-refractivity contribution in [2.45, 2.75) is 32.1 Å². The van der Waals surface area contributed by atoms with E-state index >= 15 is 0 Å². The Morgan fingerprint density at radius 3 is 2.00 bits per heavy atom. The Morgan fingerprint density at radius 2 is 1.67 bits per heavy atom. The molecule has 0 spiro atoms. The largest absolute Gasteiger partial charge is 1.00 e. The van der Waals surface area contributed by atoms with Crippen molar-refractivity contribution in [1.82, 2.24) is 0 Å². The maximum Gasteiger partial charge on any atom is 1.00 e. The fraction of sp³-hybridized carbons (Fsp3) is 0.625. The average molecular weight is 114 g/mol. The topological polar surface area (TPSA) is 0 Å². The van der Waals surface area contributed by atoms with E-state index in [-0.39, 0.29) is 18.9 Å². The molecular weight excluding hydrogens is 103 g/mol. The number of hydrogen-bond donors (Lipinski definition) is 0. The van der Waals surface area contributed by atoms with Gasteiger partial charge in [-0.05, 0) is 0 Å². The molecule has 0 bridgehead atoms. The standard InChI is InChI=1S/C8H11.Li/c1-2-8-6-4-3-5-7-8;/h1H,3-7H2;/q-1;+1. The van der Waals surface area contributed by atoms with Gasteiger partial charge in [-0.3, -0.25) is 0 Å². The zero-order chi connectivity index (χ0) is 5.82. The molecule has 0 aromatic carbocycles. The minimum absolute atomic E-state index is 0. The molecule has 0 amide bonds. The molecule has 0 saturated heterocycles. The molecule has 0 atom stereocenters. The Kier molecular flexibility index (Phi) is 5.01. The van der Waals surface area contributed by atoms with E-state index in [0.29, 0.717) is 0 Å². The van der Waals surface area contributed by atoms with Crippen molar-refractivity contribution in [2.24, 2.45) is 0 Å².